The molecule has 0 spiro atoms. The number of anilines is 1. The van der Waals surface area contributed by atoms with Crippen LogP contribution >= 0.6 is 0 Å². The van der Waals surface area contributed by atoms with Gasteiger partial charge < -0.3 is 19.6 Å². The summed E-state index contributed by atoms with van der Waals surface area (Å²) in [6.07, 6.45) is 4.75. The topological polar surface area (TPSA) is 95.9 Å². The van der Waals surface area contributed by atoms with Gasteiger partial charge in [-0.3, -0.25) is 9.78 Å². The molecule has 0 atom stereocenters. The van der Waals surface area contributed by atoms with Crippen molar-refractivity contribution in [1.29, 1.82) is 0 Å². The molecule has 3 heterocycles. The van der Waals surface area contributed by atoms with E-state index < -0.39 is 5.97 Å². The minimum Gasteiger partial charge on any atom is -0.481 e. The summed E-state index contributed by atoms with van der Waals surface area (Å²) >= 11 is 0. The van der Waals surface area contributed by atoms with Gasteiger partial charge in [0, 0.05) is 44.3 Å². The second-order valence-electron chi connectivity index (χ2n) is 8.35. The van der Waals surface area contributed by atoms with Crippen molar-refractivity contribution in [2.75, 3.05) is 31.1 Å². The SMILES string of the molecule is Cc1cccnc1CCc1ccc(OC(=O)N2CCN(c3ccc(CC(=O)O)cn3)CC2)cc1. The van der Waals surface area contributed by atoms with E-state index in [1.54, 1.807) is 17.2 Å². The number of hydrogen-bond donors (Lipinski definition) is 1. The van der Waals surface area contributed by atoms with Gasteiger partial charge >= 0.3 is 12.1 Å². The number of carboxylic acid groups (broad SMARTS) is 1. The highest BCUT2D eigenvalue weighted by molar-refractivity contribution is 5.71. The van der Waals surface area contributed by atoms with Crippen LogP contribution in [0.1, 0.15) is 22.4 Å². The lowest BCUT2D eigenvalue weighted by molar-refractivity contribution is -0.136. The van der Waals surface area contributed by atoms with Crippen LogP contribution in [0.15, 0.2) is 60.9 Å². The summed E-state index contributed by atoms with van der Waals surface area (Å²) < 4.78 is 5.57. The lowest BCUT2D eigenvalue weighted by atomic mass is 10.1. The van der Waals surface area contributed by atoms with Gasteiger partial charge in [0.2, 0.25) is 0 Å². The first-order valence-corrected chi connectivity index (χ1v) is 11.4. The van der Waals surface area contributed by atoms with Crippen molar-refractivity contribution in [2.24, 2.45) is 0 Å². The number of aliphatic carboxylic acids is 1. The normalized spacial score (nSPS) is 13.6. The van der Waals surface area contributed by atoms with Crippen LogP contribution in [0.4, 0.5) is 10.6 Å². The third-order valence-corrected chi connectivity index (χ3v) is 5.92. The first kappa shape index (κ1) is 23.2. The van der Waals surface area contributed by atoms with Crippen molar-refractivity contribution >= 4 is 17.9 Å². The van der Waals surface area contributed by atoms with E-state index >= 15 is 0 Å². The first-order chi connectivity index (χ1) is 16.5. The van der Waals surface area contributed by atoms with Crippen molar-refractivity contribution in [3.8, 4) is 5.75 Å². The number of benzene rings is 1. The molecular weight excluding hydrogens is 432 g/mol. The van der Waals surface area contributed by atoms with Gasteiger partial charge in [0.25, 0.3) is 0 Å². The summed E-state index contributed by atoms with van der Waals surface area (Å²) in [5.41, 5.74) is 4.12. The highest BCUT2D eigenvalue weighted by atomic mass is 16.6. The fourth-order valence-electron chi connectivity index (χ4n) is 3.93. The first-order valence-electron chi connectivity index (χ1n) is 11.4. The number of piperazine rings is 1. The summed E-state index contributed by atoms with van der Waals surface area (Å²) in [6.45, 7) is 4.38. The van der Waals surface area contributed by atoms with Gasteiger partial charge in [-0.25, -0.2) is 9.78 Å². The Morgan fingerprint density at radius 3 is 2.32 bits per heavy atom. The second-order valence-corrected chi connectivity index (χ2v) is 8.35. The van der Waals surface area contributed by atoms with Crippen LogP contribution < -0.4 is 9.64 Å². The van der Waals surface area contributed by atoms with E-state index in [1.807, 2.05) is 42.6 Å². The van der Waals surface area contributed by atoms with Crippen LogP contribution in [-0.2, 0) is 24.1 Å². The van der Waals surface area contributed by atoms with Gasteiger partial charge in [0.15, 0.2) is 0 Å². The van der Waals surface area contributed by atoms with E-state index in [1.165, 1.54) is 11.1 Å². The maximum absolute atomic E-state index is 12.6. The molecule has 0 saturated carbocycles. The van der Waals surface area contributed by atoms with Gasteiger partial charge in [-0.1, -0.05) is 24.3 Å². The van der Waals surface area contributed by atoms with E-state index in [0.29, 0.717) is 37.5 Å². The Morgan fingerprint density at radius 2 is 1.68 bits per heavy atom. The number of pyridine rings is 2. The Kier molecular flexibility index (Phi) is 7.37. The lowest BCUT2D eigenvalue weighted by Crippen LogP contribution is -2.49. The number of amides is 1. The zero-order valence-corrected chi connectivity index (χ0v) is 19.2. The summed E-state index contributed by atoms with van der Waals surface area (Å²) in [7, 11) is 0. The monoisotopic (exact) mass is 460 g/mol. The highest BCUT2D eigenvalue weighted by Gasteiger charge is 2.23. The van der Waals surface area contributed by atoms with Crippen LogP contribution in [0.3, 0.4) is 0 Å². The van der Waals surface area contributed by atoms with E-state index in [9.17, 15) is 9.59 Å². The average molecular weight is 461 g/mol. The Labute approximate surface area is 198 Å². The number of hydrogen-bond acceptors (Lipinski definition) is 6. The Bertz CT molecular complexity index is 1120. The van der Waals surface area contributed by atoms with Crippen LogP contribution in [0.2, 0.25) is 0 Å². The van der Waals surface area contributed by atoms with E-state index in [0.717, 1.165) is 24.4 Å². The third kappa shape index (κ3) is 6.10. The number of aromatic nitrogens is 2. The number of aryl methyl sites for hydroxylation is 3. The number of ether oxygens (including phenoxy) is 1. The Balaban J connectivity index is 1.24. The van der Waals surface area contributed by atoms with Crippen LogP contribution in [-0.4, -0.2) is 58.2 Å². The van der Waals surface area contributed by atoms with E-state index in [-0.39, 0.29) is 12.5 Å². The molecule has 0 unspecified atom stereocenters. The predicted molar refractivity (Wildman–Crippen MR) is 128 cm³/mol. The van der Waals surface area contributed by atoms with E-state index in [4.69, 9.17) is 9.84 Å². The molecule has 0 bridgehead atoms. The summed E-state index contributed by atoms with van der Waals surface area (Å²) in [5, 5.41) is 8.87. The van der Waals surface area contributed by atoms with Gasteiger partial charge in [0.05, 0.1) is 6.42 Å². The van der Waals surface area contributed by atoms with Gasteiger partial charge in [-0.2, -0.15) is 0 Å². The molecule has 0 aliphatic carbocycles. The largest absolute Gasteiger partial charge is 0.481 e. The second kappa shape index (κ2) is 10.8. The maximum Gasteiger partial charge on any atom is 0.415 e. The number of nitrogens with zero attached hydrogens (tertiary/aromatic N) is 4. The smallest absolute Gasteiger partial charge is 0.415 e. The standard InChI is InChI=1S/C26H28N4O4/c1-19-3-2-12-27-23(19)10-6-20-4-8-22(9-5-20)34-26(33)30-15-13-29(14-16-30)24-11-7-21(18-28-24)17-25(31)32/h2-5,7-9,11-12,18H,6,10,13-17H2,1H3,(H,31,32). The van der Waals surface area contributed by atoms with Gasteiger partial charge in [-0.15, -0.1) is 0 Å². The molecule has 34 heavy (non-hydrogen) atoms. The van der Waals surface area contributed by atoms with Crippen molar-refractivity contribution in [1.82, 2.24) is 14.9 Å². The van der Waals surface area contributed by atoms with E-state index in [2.05, 4.69) is 27.9 Å². The fourth-order valence-corrected chi connectivity index (χ4v) is 3.93. The van der Waals surface area contributed by atoms with Crippen LogP contribution in [0.25, 0.3) is 0 Å². The van der Waals surface area contributed by atoms with Crippen molar-refractivity contribution < 1.29 is 19.4 Å². The molecule has 0 radical (unpaired) electrons. The molecule has 176 valence electrons. The molecule has 8 nitrogen and oxygen atoms in total. The molecule has 1 saturated heterocycles. The summed E-state index contributed by atoms with van der Waals surface area (Å²) in [5.74, 6) is 0.426. The third-order valence-electron chi connectivity index (χ3n) is 5.92. The fraction of sp³-hybridized carbons (Fsp3) is 0.308. The summed E-state index contributed by atoms with van der Waals surface area (Å²) in [4.78, 5) is 36.0. The quantitative estimate of drug-likeness (QED) is 0.576. The molecular formula is C26H28N4O4. The summed E-state index contributed by atoms with van der Waals surface area (Å²) in [6, 6.07) is 15.2. The van der Waals surface area contributed by atoms with Crippen molar-refractivity contribution in [2.45, 2.75) is 26.2 Å². The Hall–Kier alpha value is -3.94. The van der Waals surface area contributed by atoms with Gasteiger partial charge in [0.1, 0.15) is 11.6 Å². The molecule has 1 aliphatic heterocycles. The number of rotatable bonds is 7. The van der Waals surface area contributed by atoms with Crippen LogP contribution in [0.5, 0.6) is 5.75 Å². The average Bonchev–Trinajstić information content (AvgIpc) is 2.85. The molecule has 8 heteroatoms. The predicted octanol–water partition coefficient (Wildman–Crippen LogP) is 3.52. The molecule has 1 aliphatic rings. The molecule has 1 aromatic carbocycles. The Morgan fingerprint density at radius 1 is 0.941 bits per heavy atom. The van der Waals surface area contributed by atoms with Crippen molar-refractivity contribution in [3.63, 3.8) is 0 Å². The van der Waals surface area contributed by atoms with Crippen LogP contribution in [0, 0.1) is 6.92 Å². The minimum atomic E-state index is -0.879. The molecule has 3 aromatic rings. The molecule has 1 amide bonds. The molecule has 2 aromatic heterocycles. The van der Waals surface area contributed by atoms with Crippen molar-refractivity contribution in [3.05, 3.63) is 83.3 Å². The maximum atomic E-state index is 12.6. The zero-order valence-electron chi connectivity index (χ0n) is 19.2. The minimum absolute atomic E-state index is 0.0439. The molecule has 1 fully saturated rings. The molecule has 4 rings (SSSR count). The zero-order chi connectivity index (χ0) is 23.9. The highest BCUT2D eigenvalue weighted by Crippen LogP contribution is 2.18. The van der Waals surface area contributed by atoms with Gasteiger partial charge in [-0.05, 0) is 60.7 Å². The number of carbonyl (C=O) groups excluding carboxylic acids is 1. The number of carboxylic acids is 1. The lowest BCUT2D eigenvalue weighted by Gasteiger charge is -2.34. The molecule has 1 N–H and O–H groups in total. The number of carbonyl (C=O) groups is 2.